The summed E-state index contributed by atoms with van der Waals surface area (Å²) in [5.74, 6) is -0.369. The van der Waals surface area contributed by atoms with Crippen LogP contribution >= 0.6 is 23.2 Å². The van der Waals surface area contributed by atoms with E-state index in [1.807, 2.05) is 42.6 Å². The Morgan fingerprint density at radius 3 is 2.52 bits per heavy atom. The quantitative estimate of drug-likeness (QED) is 0.875. The molecule has 3 nitrogen and oxygen atoms in total. The molecule has 0 saturated heterocycles. The van der Waals surface area contributed by atoms with Gasteiger partial charge in [-0.3, -0.25) is 9.78 Å². The van der Waals surface area contributed by atoms with Crippen molar-refractivity contribution < 1.29 is 4.79 Å². The van der Waals surface area contributed by atoms with E-state index in [2.05, 4.69) is 10.3 Å². The fraction of sp³-hybridized carbons (Fsp3) is 0.250. The number of nitrogens with zero attached hydrogens (tertiary/aromatic N) is 1. The van der Waals surface area contributed by atoms with Crippen molar-refractivity contribution in [1.29, 1.82) is 0 Å². The maximum atomic E-state index is 11.8. The molecule has 0 bridgehead atoms. The number of hydrogen-bond acceptors (Lipinski definition) is 2. The molecule has 1 aliphatic rings. The Balaban J connectivity index is 1.59. The summed E-state index contributed by atoms with van der Waals surface area (Å²) >= 11 is 11.7. The van der Waals surface area contributed by atoms with Crippen LogP contribution in [0.25, 0.3) is 11.1 Å². The van der Waals surface area contributed by atoms with E-state index in [9.17, 15) is 4.79 Å². The van der Waals surface area contributed by atoms with Crippen LogP contribution in [0.3, 0.4) is 0 Å². The predicted molar refractivity (Wildman–Crippen MR) is 84.1 cm³/mol. The van der Waals surface area contributed by atoms with Gasteiger partial charge in [-0.15, -0.1) is 23.2 Å². The van der Waals surface area contributed by atoms with Gasteiger partial charge >= 0.3 is 0 Å². The topological polar surface area (TPSA) is 42.0 Å². The molecule has 1 aliphatic carbocycles. The van der Waals surface area contributed by atoms with Gasteiger partial charge in [-0.05, 0) is 29.2 Å². The second-order valence-corrected chi connectivity index (χ2v) is 6.72. The van der Waals surface area contributed by atoms with Crippen LogP contribution < -0.4 is 5.32 Å². The van der Waals surface area contributed by atoms with E-state index in [1.54, 1.807) is 6.20 Å². The van der Waals surface area contributed by atoms with Crippen molar-refractivity contribution in [2.24, 2.45) is 5.92 Å². The Morgan fingerprint density at radius 1 is 1.24 bits per heavy atom. The first-order valence-electron chi connectivity index (χ1n) is 6.71. The Bertz CT molecular complexity index is 641. The van der Waals surface area contributed by atoms with Gasteiger partial charge in [0.1, 0.15) is 4.33 Å². The normalized spacial score (nSPS) is 19.0. The monoisotopic (exact) mass is 320 g/mol. The summed E-state index contributed by atoms with van der Waals surface area (Å²) in [4.78, 5) is 15.9. The SMILES string of the molecule is O=C(NCc1ccc(-c2cccnc2)cc1)[C@@H]1CC1(Cl)Cl. The standard InChI is InChI=1S/C16H14Cl2N2O/c17-16(18)8-14(16)15(21)20-9-11-3-5-12(6-4-11)13-2-1-7-19-10-13/h1-7,10,14H,8-9H2,(H,20,21)/t14-/m0/s1. The number of alkyl halides is 2. The molecule has 0 spiro atoms. The summed E-state index contributed by atoms with van der Waals surface area (Å²) < 4.78 is -0.867. The number of hydrogen-bond donors (Lipinski definition) is 1. The molecule has 0 radical (unpaired) electrons. The summed E-state index contributed by atoms with van der Waals surface area (Å²) in [6.07, 6.45) is 4.10. The molecule has 2 aromatic rings. The Hall–Kier alpha value is -1.58. The highest BCUT2D eigenvalue weighted by molar-refractivity contribution is 6.52. The lowest BCUT2D eigenvalue weighted by Crippen LogP contribution is -2.26. The van der Waals surface area contributed by atoms with Crippen LogP contribution in [0.1, 0.15) is 12.0 Å². The lowest BCUT2D eigenvalue weighted by atomic mass is 10.1. The molecule has 1 fully saturated rings. The molecule has 1 amide bonds. The third kappa shape index (κ3) is 3.36. The lowest BCUT2D eigenvalue weighted by molar-refractivity contribution is -0.122. The highest BCUT2D eigenvalue weighted by Gasteiger charge is 2.56. The third-order valence-electron chi connectivity index (χ3n) is 3.56. The summed E-state index contributed by atoms with van der Waals surface area (Å²) in [5, 5.41) is 2.86. The molecule has 1 saturated carbocycles. The van der Waals surface area contributed by atoms with Gasteiger partial charge in [-0.2, -0.15) is 0 Å². The number of rotatable bonds is 4. The Labute approximate surface area is 133 Å². The van der Waals surface area contributed by atoms with Crippen LogP contribution in [-0.2, 0) is 11.3 Å². The van der Waals surface area contributed by atoms with Crippen molar-refractivity contribution in [1.82, 2.24) is 10.3 Å². The minimum absolute atomic E-state index is 0.0867. The highest BCUT2D eigenvalue weighted by Crippen LogP contribution is 2.53. The predicted octanol–water partition coefficient (Wildman–Crippen LogP) is 3.56. The fourth-order valence-electron chi connectivity index (χ4n) is 2.16. The van der Waals surface area contributed by atoms with E-state index in [0.717, 1.165) is 16.7 Å². The van der Waals surface area contributed by atoms with Gasteiger partial charge in [0.25, 0.3) is 0 Å². The second kappa shape index (κ2) is 5.66. The molecule has 0 unspecified atom stereocenters. The summed E-state index contributed by atoms with van der Waals surface area (Å²) in [5.41, 5.74) is 3.20. The molecule has 108 valence electrons. The van der Waals surface area contributed by atoms with Crippen molar-refractivity contribution in [2.75, 3.05) is 0 Å². The van der Waals surface area contributed by atoms with E-state index in [-0.39, 0.29) is 11.8 Å². The van der Waals surface area contributed by atoms with Gasteiger partial charge in [-0.1, -0.05) is 30.3 Å². The number of aromatic nitrogens is 1. The Kier molecular flexibility index (Phi) is 3.87. The zero-order chi connectivity index (χ0) is 14.9. The van der Waals surface area contributed by atoms with Crippen molar-refractivity contribution >= 4 is 29.1 Å². The van der Waals surface area contributed by atoms with Gasteiger partial charge < -0.3 is 5.32 Å². The number of benzene rings is 1. The average Bonchev–Trinajstić information content (AvgIpc) is 3.15. The minimum atomic E-state index is -0.867. The van der Waals surface area contributed by atoms with E-state index in [1.165, 1.54) is 0 Å². The van der Waals surface area contributed by atoms with E-state index in [0.29, 0.717) is 13.0 Å². The number of pyridine rings is 1. The van der Waals surface area contributed by atoms with Gasteiger partial charge in [-0.25, -0.2) is 0 Å². The summed E-state index contributed by atoms with van der Waals surface area (Å²) in [6.45, 7) is 0.479. The number of nitrogens with one attached hydrogen (secondary N) is 1. The zero-order valence-corrected chi connectivity index (χ0v) is 12.7. The van der Waals surface area contributed by atoms with E-state index in [4.69, 9.17) is 23.2 Å². The first-order chi connectivity index (χ1) is 10.1. The smallest absolute Gasteiger partial charge is 0.226 e. The maximum Gasteiger partial charge on any atom is 0.226 e. The van der Waals surface area contributed by atoms with Gasteiger partial charge in [0.15, 0.2) is 0 Å². The summed E-state index contributed by atoms with van der Waals surface area (Å²) in [7, 11) is 0. The number of carbonyl (C=O) groups is 1. The van der Waals surface area contributed by atoms with Crippen molar-refractivity contribution in [2.45, 2.75) is 17.3 Å². The molecule has 0 aliphatic heterocycles. The van der Waals surface area contributed by atoms with Crippen molar-refractivity contribution in [3.8, 4) is 11.1 Å². The highest BCUT2D eigenvalue weighted by atomic mass is 35.5. The molecular weight excluding hydrogens is 307 g/mol. The van der Waals surface area contributed by atoms with Crippen LogP contribution in [0.5, 0.6) is 0 Å². The first-order valence-corrected chi connectivity index (χ1v) is 7.47. The second-order valence-electron chi connectivity index (χ2n) is 5.17. The van der Waals surface area contributed by atoms with E-state index < -0.39 is 4.33 Å². The molecule has 5 heteroatoms. The number of halogens is 2. The van der Waals surface area contributed by atoms with Crippen LogP contribution in [0.15, 0.2) is 48.8 Å². The first kappa shape index (κ1) is 14.4. The van der Waals surface area contributed by atoms with Crippen LogP contribution in [0.2, 0.25) is 0 Å². The third-order valence-corrected chi connectivity index (χ3v) is 4.39. The van der Waals surface area contributed by atoms with Crippen molar-refractivity contribution in [3.05, 3.63) is 54.4 Å². The van der Waals surface area contributed by atoms with Crippen LogP contribution in [-0.4, -0.2) is 15.2 Å². The number of amides is 1. The molecule has 1 N–H and O–H groups in total. The maximum absolute atomic E-state index is 11.8. The van der Waals surface area contributed by atoms with Crippen LogP contribution in [0.4, 0.5) is 0 Å². The molecule has 21 heavy (non-hydrogen) atoms. The van der Waals surface area contributed by atoms with Gasteiger partial charge in [0.05, 0.1) is 5.92 Å². The van der Waals surface area contributed by atoms with Crippen LogP contribution in [0, 0.1) is 5.92 Å². The van der Waals surface area contributed by atoms with Gasteiger partial charge in [0.2, 0.25) is 5.91 Å². The molecule has 1 atom stereocenters. The zero-order valence-electron chi connectivity index (χ0n) is 11.2. The minimum Gasteiger partial charge on any atom is -0.352 e. The summed E-state index contributed by atoms with van der Waals surface area (Å²) in [6, 6.07) is 11.9. The largest absolute Gasteiger partial charge is 0.352 e. The molecule has 1 heterocycles. The molecule has 1 aromatic heterocycles. The van der Waals surface area contributed by atoms with Gasteiger partial charge in [0, 0.05) is 18.9 Å². The number of carbonyl (C=O) groups excluding carboxylic acids is 1. The fourth-order valence-corrected chi connectivity index (χ4v) is 2.67. The average molecular weight is 321 g/mol. The Morgan fingerprint density at radius 2 is 1.95 bits per heavy atom. The molecule has 3 rings (SSSR count). The molecular formula is C16H14Cl2N2O. The lowest BCUT2D eigenvalue weighted by Gasteiger charge is -2.07. The molecule has 1 aromatic carbocycles. The van der Waals surface area contributed by atoms with Crippen molar-refractivity contribution in [3.63, 3.8) is 0 Å². The van der Waals surface area contributed by atoms with E-state index >= 15 is 0 Å².